The van der Waals surface area contributed by atoms with E-state index in [4.69, 9.17) is 4.52 Å². The molecule has 0 saturated heterocycles. The number of amides is 1. The Labute approximate surface area is 169 Å². The van der Waals surface area contributed by atoms with E-state index in [9.17, 15) is 13.6 Å². The molecule has 0 aliphatic heterocycles. The fourth-order valence-electron chi connectivity index (χ4n) is 3.08. The summed E-state index contributed by atoms with van der Waals surface area (Å²) in [4.78, 5) is 14.1. The van der Waals surface area contributed by atoms with Crippen molar-refractivity contribution in [3.63, 3.8) is 0 Å². The summed E-state index contributed by atoms with van der Waals surface area (Å²) in [5.41, 5.74) is 1.94. The second-order valence-corrected chi connectivity index (χ2v) is 7.42. The fraction of sp³-hybridized carbons (Fsp3) is 0.0909. The Hall–Kier alpha value is -3.32. The van der Waals surface area contributed by atoms with E-state index in [0.29, 0.717) is 17.0 Å². The molecule has 1 atom stereocenters. The van der Waals surface area contributed by atoms with Gasteiger partial charge in [0, 0.05) is 10.4 Å². The maximum Gasteiger partial charge on any atom is 0.257 e. The van der Waals surface area contributed by atoms with E-state index in [2.05, 4.69) is 10.5 Å². The number of thiophene rings is 1. The quantitative estimate of drug-likeness (QED) is 0.472. The predicted octanol–water partition coefficient (Wildman–Crippen LogP) is 5.51. The largest absolute Gasteiger partial charge is 0.360 e. The van der Waals surface area contributed by atoms with Gasteiger partial charge in [-0.25, -0.2) is 8.78 Å². The number of aryl methyl sites for hydroxylation is 1. The normalized spacial score (nSPS) is 12.0. The van der Waals surface area contributed by atoms with Gasteiger partial charge in [-0.15, -0.1) is 11.3 Å². The molecule has 2 aromatic carbocycles. The minimum absolute atomic E-state index is 0.278. The number of aromatic nitrogens is 1. The highest BCUT2D eigenvalue weighted by Gasteiger charge is 2.25. The fourth-order valence-corrected chi connectivity index (χ4v) is 3.88. The maximum absolute atomic E-state index is 13.4. The zero-order chi connectivity index (χ0) is 20.4. The van der Waals surface area contributed by atoms with Gasteiger partial charge in [0.2, 0.25) is 0 Å². The molecule has 0 bridgehead atoms. The lowest BCUT2D eigenvalue weighted by Crippen LogP contribution is -2.29. The Kier molecular flexibility index (Phi) is 5.22. The molecule has 0 spiro atoms. The van der Waals surface area contributed by atoms with Crippen molar-refractivity contribution >= 4 is 17.2 Å². The first-order valence-electron chi connectivity index (χ1n) is 8.85. The first-order chi connectivity index (χ1) is 14.0. The van der Waals surface area contributed by atoms with Crippen molar-refractivity contribution in [3.8, 4) is 11.3 Å². The topological polar surface area (TPSA) is 55.1 Å². The van der Waals surface area contributed by atoms with Gasteiger partial charge in [-0.1, -0.05) is 23.4 Å². The summed E-state index contributed by atoms with van der Waals surface area (Å²) in [6.45, 7) is 1.65. The summed E-state index contributed by atoms with van der Waals surface area (Å²) in [6.07, 6.45) is 0. The van der Waals surface area contributed by atoms with Crippen molar-refractivity contribution < 1.29 is 18.1 Å². The zero-order valence-corrected chi connectivity index (χ0v) is 16.2. The minimum Gasteiger partial charge on any atom is -0.360 e. The Morgan fingerprint density at radius 3 is 2.31 bits per heavy atom. The first-order valence-corrected chi connectivity index (χ1v) is 9.73. The number of hydrogen-bond donors (Lipinski definition) is 1. The molecule has 0 fully saturated rings. The number of nitrogens with one attached hydrogen (secondary N) is 1. The van der Waals surface area contributed by atoms with Crippen LogP contribution < -0.4 is 5.32 Å². The van der Waals surface area contributed by atoms with Crippen molar-refractivity contribution in [1.82, 2.24) is 10.5 Å². The average molecular weight is 410 g/mol. The van der Waals surface area contributed by atoms with Gasteiger partial charge < -0.3 is 9.84 Å². The molecular formula is C22H16F2N2O2S. The van der Waals surface area contributed by atoms with Crippen LogP contribution in [-0.4, -0.2) is 11.1 Å². The zero-order valence-electron chi connectivity index (χ0n) is 15.4. The molecule has 4 nitrogen and oxygen atoms in total. The van der Waals surface area contributed by atoms with E-state index in [-0.39, 0.29) is 23.1 Å². The van der Waals surface area contributed by atoms with Gasteiger partial charge >= 0.3 is 0 Å². The van der Waals surface area contributed by atoms with Crippen molar-refractivity contribution in [2.45, 2.75) is 13.0 Å². The summed E-state index contributed by atoms with van der Waals surface area (Å²) in [5.74, 6) is -0.760. The summed E-state index contributed by atoms with van der Waals surface area (Å²) < 4.78 is 31.9. The van der Waals surface area contributed by atoms with E-state index in [1.54, 1.807) is 31.2 Å². The van der Waals surface area contributed by atoms with Crippen LogP contribution in [0.1, 0.15) is 32.6 Å². The molecular weight excluding hydrogens is 394 g/mol. The van der Waals surface area contributed by atoms with Crippen LogP contribution in [0.4, 0.5) is 8.78 Å². The smallest absolute Gasteiger partial charge is 0.257 e. The molecule has 1 unspecified atom stereocenters. The molecule has 1 amide bonds. The summed E-state index contributed by atoms with van der Waals surface area (Å²) >= 11 is 1.49. The SMILES string of the molecule is Cc1onc(-c2ccc(F)cc2)c1C(=O)NC(c1ccc(F)cc1)c1cccs1. The van der Waals surface area contributed by atoms with E-state index in [1.807, 2.05) is 17.5 Å². The van der Waals surface area contributed by atoms with Gasteiger partial charge in [-0.2, -0.15) is 0 Å². The van der Waals surface area contributed by atoms with Gasteiger partial charge in [0.05, 0.1) is 6.04 Å². The third kappa shape index (κ3) is 3.95. The molecule has 0 aliphatic rings. The molecule has 4 rings (SSSR count). The van der Waals surface area contributed by atoms with Crippen LogP contribution in [0, 0.1) is 18.6 Å². The molecule has 0 saturated carbocycles. The lowest BCUT2D eigenvalue weighted by Gasteiger charge is -2.18. The van der Waals surface area contributed by atoms with Crippen molar-refractivity contribution in [2.75, 3.05) is 0 Å². The van der Waals surface area contributed by atoms with Crippen LogP contribution >= 0.6 is 11.3 Å². The Balaban J connectivity index is 1.69. The minimum atomic E-state index is -0.460. The van der Waals surface area contributed by atoms with Crippen LogP contribution in [0.3, 0.4) is 0 Å². The monoisotopic (exact) mass is 410 g/mol. The summed E-state index contributed by atoms with van der Waals surface area (Å²) in [6, 6.07) is 15.0. The number of carbonyl (C=O) groups is 1. The molecule has 1 N–H and O–H groups in total. The third-order valence-corrected chi connectivity index (χ3v) is 5.45. The van der Waals surface area contributed by atoms with Gasteiger partial charge in [0.25, 0.3) is 5.91 Å². The highest BCUT2D eigenvalue weighted by molar-refractivity contribution is 7.10. The van der Waals surface area contributed by atoms with E-state index in [0.717, 1.165) is 10.4 Å². The standard InChI is InChI=1S/C22H16F2N2O2S/c1-13-19(21(26-28-13)15-6-10-17(24)11-7-15)22(27)25-20(18-3-2-12-29-18)14-4-8-16(23)9-5-14/h2-12,20H,1H3,(H,25,27). The van der Waals surface area contributed by atoms with Crippen LogP contribution in [-0.2, 0) is 0 Å². The average Bonchev–Trinajstić information content (AvgIpc) is 3.37. The van der Waals surface area contributed by atoms with E-state index in [1.165, 1.54) is 35.6 Å². The van der Waals surface area contributed by atoms with Crippen LogP contribution in [0.25, 0.3) is 11.3 Å². The molecule has 29 heavy (non-hydrogen) atoms. The highest BCUT2D eigenvalue weighted by Crippen LogP contribution is 2.29. The van der Waals surface area contributed by atoms with Crippen LogP contribution in [0.2, 0.25) is 0 Å². The summed E-state index contributed by atoms with van der Waals surface area (Å²) in [5, 5.41) is 8.89. The number of hydrogen-bond acceptors (Lipinski definition) is 4. The van der Waals surface area contributed by atoms with E-state index < -0.39 is 6.04 Å². The molecule has 7 heteroatoms. The van der Waals surface area contributed by atoms with Gasteiger partial charge in [0.15, 0.2) is 0 Å². The Morgan fingerprint density at radius 1 is 1.03 bits per heavy atom. The molecule has 0 radical (unpaired) electrons. The summed E-state index contributed by atoms with van der Waals surface area (Å²) in [7, 11) is 0. The van der Waals surface area contributed by atoms with Gasteiger partial charge in [0.1, 0.15) is 28.7 Å². The molecule has 2 aromatic heterocycles. The van der Waals surface area contributed by atoms with Crippen LogP contribution in [0.5, 0.6) is 0 Å². The number of carbonyl (C=O) groups excluding carboxylic acids is 1. The number of nitrogens with zero attached hydrogens (tertiary/aromatic N) is 1. The third-order valence-electron chi connectivity index (χ3n) is 4.51. The second-order valence-electron chi connectivity index (χ2n) is 6.44. The van der Waals surface area contributed by atoms with Crippen molar-refractivity contribution in [2.24, 2.45) is 0 Å². The van der Waals surface area contributed by atoms with Crippen LogP contribution in [0.15, 0.2) is 70.6 Å². The molecule has 146 valence electrons. The number of halogens is 2. The Bertz CT molecular complexity index is 1120. The van der Waals surface area contributed by atoms with Crippen molar-refractivity contribution in [3.05, 3.63) is 99.4 Å². The maximum atomic E-state index is 13.4. The number of rotatable bonds is 5. The van der Waals surface area contributed by atoms with Gasteiger partial charge in [-0.05, 0) is 60.3 Å². The van der Waals surface area contributed by atoms with E-state index >= 15 is 0 Å². The molecule has 0 aliphatic carbocycles. The molecule has 2 heterocycles. The highest BCUT2D eigenvalue weighted by atomic mass is 32.1. The first kappa shape index (κ1) is 19.0. The Morgan fingerprint density at radius 2 is 1.69 bits per heavy atom. The predicted molar refractivity (Wildman–Crippen MR) is 107 cm³/mol. The molecule has 4 aromatic rings. The lowest BCUT2D eigenvalue weighted by molar-refractivity contribution is 0.0942. The second kappa shape index (κ2) is 7.97. The lowest BCUT2D eigenvalue weighted by atomic mass is 10.0. The number of benzene rings is 2. The van der Waals surface area contributed by atoms with Gasteiger partial charge in [-0.3, -0.25) is 4.79 Å². The van der Waals surface area contributed by atoms with Crippen molar-refractivity contribution in [1.29, 1.82) is 0 Å².